The van der Waals surface area contributed by atoms with E-state index in [1.54, 1.807) is 4.90 Å². The first-order chi connectivity index (χ1) is 16.6. The van der Waals surface area contributed by atoms with Gasteiger partial charge in [-0.15, -0.1) is 8.78 Å². The van der Waals surface area contributed by atoms with Crippen molar-refractivity contribution in [3.8, 4) is 5.75 Å². The largest absolute Gasteiger partial charge is 0.535 e. The molecule has 0 radical (unpaired) electrons. The quantitative estimate of drug-likeness (QED) is 0.533. The fraction of sp³-hybridized carbons (Fsp3) is 0.364. The number of rotatable bonds is 4. The highest BCUT2D eigenvalue weighted by Gasteiger charge is 2.40. The minimum Gasteiger partial charge on any atom is -0.447 e. The van der Waals surface area contributed by atoms with Gasteiger partial charge in [-0.2, -0.15) is 5.10 Å². The van der Waals surface area contributed by atoms with Crippen molar-refractivity contribution in [2.75, 3.05) is 25.0 Å². The molecule has 2 aliphatic heterocycles. The van der Waals surface area contributed by atoms with E-state index in [0.29, 0.717) is 13.1 Å². The van der Waals surface area contributed by atoms with Gasteiger partial charge in [0.1, 0.15) is 12.3 Å². The van der Waals surface area contributed by atoms with Crippen LogP contribution >= 0.6 is 11.6 Å². The predicted octanol–water partition coefficient (Wildman–Crippen LogP) is 3.00. The number of halogens is 3. The average Bonchev–Trinajstić information content (AvgIpc) is 3.51. The molecule has 0 spiro atoms. The number of benzene rings is 1. The first-order valence-corrected chi connectivity index (χ1v) is 11.1. The third-order valence-corrected chi connectivity index (χ3v) is 6.19. The van der Waals surface area contributed by atoms with Crippen molar-refractivity contribution < 1.29 is 32.3 Å². The highest BCUT2D eigenvalue weighted by Crippen LogP contribution is 2.38. The Morgan fingerprint density at radius 1 is 1.26 bits per heavy atom. The monoisotopic (exact) mass is 508 g/mol. The molecule has 0 N–H and O–H groups in total. The molecule has 1 saturated heterocycles. The van der Waals surface area contributed by atoms with Crippen molar-refractivity contribution in [2.24, 2.45) is 0 Å². The fourth-order valence-electron chi connectivity index (χ4n) is 4.12. The minimum absolute atomic E-state index is 0.0177. The Kier molecular flexibility index (Phi) is 5.72. The lowest BCUT2D eigenvalue weighted by molar-refractivity contribution is -0.367. The SMILES string of the molecule is CN(C(=O)Cn1nc(Cl)c2oc(C(=O)N3CCCC3)cc2c1=O)c1cccc2c1COC(F)(F)O2. The topological polar surface area (TPSA) is 107 Å². The van der Waals surface area contributed by atoms with Crippen LogP contribution in [0.2, 0.25) is 5.15 Å². The van der Waals surface area contributed by atoms with Crippen LogP contribution < -0.4 is 15.2 Å². The summed E-state index contributed by atoms with van der Waals surface area (Å²) in [5.41, 5.74) is -0.187. The summed E-state index contributed by atoms with van der Waals surface area (Å²) in [7, 11) is 1.42. The molecule has 0 unspecified atom stereocenters. The lowest BCUT2D eigenvalue weighted by atomic mass is 10.1. The lowest BCUT2D eigenvalue weighted by Gasteiger charge is -2.28. The predicted molar refractivity (Wildman–Crippen MR) is 119 cm³/mol. The van der Waals surface area contributed by atoms with Crippen molar-refractivity contribution in [2.45, 2.75) is 32.3 Å². The van der Waals surface area contributed by atoms with Crippen molar-refractivity contribution in [3.63, 3.8) is 0 Å². The van der Waals surface area contributed by atoms with E-state index >= 15 is 0 Å². The first-order valence-electron chi connectivity index (χ1n) is 10.7. The Hall–Kier alpha value is -3.51. The Morgan fingerprint density at radius 2 is 2.00 bits per heavy atom. The summed E-state index contributed by atoms with van der Waals surface area (Å²) in [6, 6.07) is 5.63. The molecule has 1 aromatic carbocycles. The average molecular weight is 509 g/mol. The van der Waals surface area contributed by atoms with Crippen LogP contribution in [0.4, 0.5) is 14.5 Å². The van der Waals surface area contributed by atoms with E-state index in [9.17, 15) is 23.2 Å². The third kappa shape index (κ3) is 4.23. The van der Waals surface area contributed by atoms with Crippen molar-refractivity contribution in [1.82, 2.24) is 14.7 Å². The molecule has 2 aliphatic rings. The highest BCUT2D eigenvalue weighted by atomic mass is 35.5. The van der Waals surface area contributed by atoms with E-state index < -0.39 is 30.9 Å². The Morgan fingerprint density at radius 3 is 2.74 bits per heavy atom. The van der Waals surface area contributed by atoms with Crippen molar-refractivity contribution in [1.29, 1.82) is 0 Å². The number of anilines is 1. The summed E-state index contributed by atoms with van der Waals surface area (Å²) >= 11 is 6.20. The molecule has 4 heterocycles. The number of nitrogens with zero attached hydrogens (tertiary/aromatic N) is 4. The van der Waals surface area contributed by atoms with E-state index in [-0.39, 0.29) is 44.8 Å². The van der Waals surface area contributed by atoms with Gasteiger partial charge in [0, 0.05) is 31.8 Å². The number of ether oxygens (including phenoxy) is 2. The van der Waals surface area contributed by atoms with Gasteiger partial charge in [-0.25, -0.2) is 4.68 Å². The zero-order valence-electron chi connectivity index (χ0n) is 18.4. The summed E-state index contributed by atoms with van der Waals surface area (Å²) in [6.07, 6.45) is -1.98. The summed E-state index contributed by atoms with van der Waals surface area (Å²) in [6.45, 7) is 0.218. The van der Waals surface area contributed by atoms with Gasteiger partial charge >= 0.3 is 6.29 Å². The molecule has 184 valence electrons. The van der Waals surface area contributed by atoms with Crippen LogP contribution in [-0.2, 0) is 22.7 Å². The molecule has 3 aromatic rings. The van der Waals surface area contributed by atoms with Crippen LogP contribution in [0.25, 0.3) is 11.0 Å². The normalized spacial score (nSPS) is 16.7. The van der Waals surface area contributed by atoms with Gasteiger partial charge in [-0.1, -0.05) is 17.7 Å². The van der Waals surface area contributed by atoms with Crippen LogP contribution in [0.5, 0.6) is 5.75 Å². The maximum absolute atomic E-state index is 13.4. The maximum Gasteiger partial charge on any atom is 0.535 e. The number of hydrogen-bond acceptors (Lipinski definition) is 7. The maximum atomic E-state index is 13.4. The number of hydrogen-bond donors (Lipinski definition) is 0. The van der Waals surface area contributed by atoms with Crippen LogP contribution in [-0.4, -0.2) is 52.9 Å². The molecule has 1 fully saturated rings. The number of likely N-dealkylation sites (N-methyl/N-ethyl adjacent to an activating group) is 1. The molecule has 2 amide bonds. The molecule has 0 atom stereocenters. The molecule has 5 rings (SSSR count). The van der Waals surface area contributed by atoms with E-state index in [0.717, 1.165) is 17.5 Å². The number of amides is 2. The van der Waals surface area contributed by atoms with Crippen LogP contribution in [0.1, 0.15) is 29.0 Å². The third-order valence-electron chi connectivity index (χ3n) is 5.94. The molecule has 2 aromatic heterocycles. The number of aromatic nitrogens is 2. The number of alkyl halides is 2. The van der Waals surface area contributed by atoms with E-state index in [1.165, 1.54) is 36.2 Å². The number of likely N-dealkylation sites (tertiary alicyclic amines) is 1. The molecule has 0 aliphatic carbocycles. The first kappa shape index (κ1) is 23.2. The zero-order valence-corrected chi connectivity index (χ0v) is 19.2. The summed E-state index contributed by atoms with van der Waals surface area (Å²) < 4.78 is 42.1. The van der Waals surface area contributed by atoms with Gasteiger partial charge in [0.2, 0.25) is 5.91 Å². The van der Waals surface area contributed by atoms with Gasteiger partial charge < -0.3 is 19.0 Å². The molecular formula is C22H19ClF2N4O6. The standard InChI is InChI=1S/C22H19ClF2N4O6/c1-27(14-5-4-6-15-13(14)11-33-22(24,25)35-15)17(30)10-29-20(31)12-9-16(34-18(12)19(23)26-29)21(32)28-7-2-3-8-28/h4-6,9H,2-3,7-8,10-11H2,1H3. The lowest BCUT2D eigenvalue weighted by Crippen LogP contribution is -2.37. The number of furan rings is 1. The second-order valence-electron chi connectivity index (χ2n) is 8.17. The molecule has 10 nitrogen and oxygen atoms in total. The van der Waals surface area contributed by atoms with Crippen LogP contribution in [0.3, 0.4) is 0 Å². The molecule has 13 heteroatoms. The Balaban J connectivity index is 1.42. The van der Waals surface area contributed by atoms with Crippen LogP contribution in [0, 0.1) is 0 Å². The smallest absolute Gasteiger partial charge is 0.447 e. The van der Waals surface area contributed by atoms with Gasteiger partial charge in [-0.05, 0) is 25.0 Å². The second-order valence-corrected chi connectivity index (χ2v) is 8.53. The molecule has 0 bridgehead atoms. The minimum atomic E-state index is -3.77. The van der Waals surface area contributed by atoms with E-state index in [1.807, 2.05) is 0 Å². The highest BCUT2D eigenvalue weighted by molar-refractivity contribution is 6.33. The molecule has 0 saturated carbocycles. The van der Waals surface area contributed by atoms with Gasteiger partial charge in [-0.3, -0.25) is 19.1 Å². The van der Waals surface area contributed by atoms with E-state index in [2.05, 4.69) is 14.6 Å². The molecular weight excluding hydrogens is 490 g/mol. The zero-order chi connectivity index (χ0) is 24.9. The van der Waals surface area contributed by atoms with Crippen molar-refractivity contribution in [3.05, 3.63) is 51.1 Å². The van der Waals surface area contributed by atoms with Crippen LogP contribution in [0.15, 0.2) is 33.5 Å². The molecule has 35 heavy (non-hydrogen) atoms. The van der Waals surface area contributed by atoms with Gasteiger partial charge in [0.15, 0.2) is 16.5 Å². The van der Waals surface area contributed by atoms with Gasteiger partial charge in [0.25, 0.3) is 11.5 Å². The fourth-order valence-corrected chi connectivity index (χ4v) is 4.35. The number of fused-ring (bicyclic) bond motifs is 2. The second kappa shape index (κ2) is 8.61. The van der Waals surface area contributed by atoms with Gasteiger partial charge in [0.05, 0.1) is 17.7 Å². The summed E-state index contributed by atoms with van der Waals surface area (Å²) in [5, 5.41) is 3.78. The summed E-state index contributed by atoms with van der Waals surface area (Å²) in [4.78, 5) is 41.4. The Labute approximate surface area is 201 Å². The number of carbonyl (C=O) groups is 2. The number of carbonyl (C=O) groups excluding carboxylic acids is 2. The van der Waals surface area contributed by atoms with Crippen molar-refractivity contribution >= 4 is 40.1 Å². The van der Waals surface area contributed by atoms with E-state index in [4.69, 9.17) is 16.0 Å². The summed E-state index contributed by atoms with van der Waals surface area (Å²) in [5.74, 6) is -1.08. The Bertz CT molecular complexity index is 1400.